The standard InChI is InChI=1S/C16H24N2O3/c1-3-8-18(9-4-2)16(19)13-5-7-17-15(11-13)21-14-6-10-20-12-14/h5,7,11,14H,3-4,6,8-10,12H2,1-2H3. The Kier molecular flexibility index (Phi) is 5.99. The molecule has 1 amide bonds. The molecule has 116 valence electrons. The van der Waals surface area contributed by atoms with Crippen LogP contribution in [0, 0.1) is 0 Å². The first kappa shape index (κ1) is 15.8. The lowest BCUT2D eigenvalue weighted by Gasteiger charge is -2.21. The fraction of sp³-hybridized carbons (Fsp3) is 0.625. The summed E-state index contributed by atoms with van der Waals surface area (Å²) < 4.78 is 11.0. The van der Waals surface area contributed by atoms with Crippen LogP contribution in [0.15, 0.2) is 18.3 Å². The van der Waals surface area contributed by atoms with Crippen molar-refractivity contribution in [2.24, 2.45) is 0 Å². The first-order valence-corrected chi connectivity index (χ1v) is 7.74. The molecular formula is C16H24N2O3. The zero-order valence-corrected chi connectivity index (χ0v) is 12.9. The summed E-state index contributed by atoms with van der Waals surface area (Å²) in [6.45, 7) is 7.04. The average Bonchev–Trinajstić information content (AvgIpc) is 2.99. The number of pyridine rings is 1. The van der Waals surface area contributed by atoms with Crippen LogP contribution < -0.4 is 4.74 Å². The molecule has 2 rings (SSSR count). The number of nitrogens with zero attached hydrogens (tertiary/aromatic N) is 2. The average molecular weight is 292 g/mol. The zero-order chi connectivity index (χ0) is 15.1. The van der Waals surface area contributed by atoms with Gasteiger partial charge in [0.1, 0.15) is 6.10 Å². The second-order valence-corrected chi connectivity index (χ2v) is 5.28. The predicted octanol–water partition coefficient (Wildman–Crippen LogP) is 2.51. The largest absolute Gasteiger partial charge is 0.472 e. The van der Waals surface area contributed by atoms with Crippen molar-refractivity contribution in [2.45, 2.75) is 39.2 Å². The molecule has 0 saturated carbocycles. The van der Waals surface area contributed by atoms with Crippen molar-refractivity contribution in [3.63, 3.8) is 0 Å². The van der Waals surface area contributed by atoms with Gasteiger partial charge in [-0.15, -0.1) is 0 Å². The summed E-state index contributed by atoms with van der Waals surface area (Å²) in [7, 11) is 0. The second kappa shape index (κ2) is 7.98. The molecule has 1 fully saturated rings. The maximum Gasteiger partial charge on any atom is 0.254 e. The number of carbonyl (C=O) groups excluding carboxylic acids is 1. The van der Waals surface area contributed by atoms with Crippen molar-refractivity contribution in [3.05, 3.63) is 23.9 Å². The van der Waals surface area contributed by atoms with Crippen LogP contribution in [-0.2, 0) is 4.74 Å². The SMILES string of the molecule is CCCN(CCC)C(=O)c1ccnc(OC2CCOC2)c1. The Morgan fingerprint density at radius 3 is 2.81 bits per heavy atom. The van der Waals surface area contributed by atoms with E-state index in [1.54, 1.807) is 18.3 Å². The second-order valence-electron chi connectivity index (χ2n) is 5.28. The molecule has 0 N–H and O–H groups in total. The minimum absolute atomic E-state index is 0.0465. The Labute approximate surface area is 126 Å². The molecule has 1 saturated heterocycles. The van der Waals surface area contributed by atoms with E-state index in [0.717, 1.165) is 39.0 Å². The van der Waals surface area contributed by atoms with Crippen molar-refractivity contribution in [1.82, 2.24) is 9.88 Å². The van der Waals surface area contributed by atoms with Crippen LogP contribution >= 0.6 is 0 Å². The molecule has 0 bridgehead atoms. The maximum absolute atomic E-state index is 12.5. The number of carbonyl (C=O) groups is 1. The van der Waals surface area contributed by atoms with Crippen molar-refractivity contribution in [1.29, 1.82) is 0 Å². The quantitative estimate of drug-likeness (QED) is 0.775. The molecule has 1 aromatic rings. The Hall–Kier alpha value is -1.62. The predicted molar refractivity (Wildman–Crippen MR) is 80.6 cm³/mol. The molecule has 2 heterocycles. The zero-order valence-electron chi connectivity index (χ0n) is 12.9. The molecule has 1 aliphatic heterocycles. The van der Waals surface area contributed by atoms with Gasteiger partial charge in [-0.3, -0.25) is 4.79 Å². The Morgan fingerprint density at radius 1 is 1.43 bits per heavy atom. The molecule has 0 radical (unpaired) electrons. The fourth-order valence-electron chi connectivity index (χ4n) is 2.42. The third-order valence-corrected chi connectivity index (χ3v) is 3.43. The number of ether oxygens (including phenoxy) is 2. The van der Waals surface area contributed by atoms with E-state index < -0.39 is 0 Å². The highest BCUT2D eigenvalue weighted by atomic mass is 16.5. The Bertz CT molecular complexity index is 453. The lowest BCUT2D eigenvalue weighted by molar-refractivity contribution is 0.0754. The third-order valence-electron chi connectivity index (χ3n) is 3.43. The molecular weight excluding hydrogens is 268 g/mol. The minimum atomic E-state index is 0.0465. The highest BCUT2D eigenvalue weighted by Gasteiger charge is 2.19. The van der Waals surface area contributed by atoms with Gasteiger partial charge in [0.2, 0.25) is 5.88 Å². The summed E-state index contributed by atoms with van der Waals surface area (Å²) in [6, 6.07) is 3.48. The Balaban J connectivity index is 2.05. The molecule has 1 atom stereocenters. The van der Waals surface area contributed by atoms with Gasteiger partial charge in [0.05, 0.1) is 13.2 Å². The summed E-state index contributed by atoms with van der Waals surface area (Å²) in [6.07, 6.45) is 4.47. The summed E-state index contributed by atoms with van der Waals surface area (Å²) in [5.41, 5.74) is 0.640. The van der Waals surface area contributed by atoms with E-state index in [1.165, 1.54) is 0 Å². The first-order chi connectivity index (χ1) is 10.2. The molecule has 1 aromatic heterocycles. The van der Waals surface area contributed by atoms with E-state index in [0.29, 0.717) is 18.1 Å². The normalized spacial score (nSPS) is 17.7. The fourth-order valence-corrected chi connectivity index (χ4v) is 2.42. The smallest absolute Gasteiger partial charge is 0.254 e. The van der Waals surface area contributed by atoms with Gasteiger partial charge in [0.25, 0.3) is 5.91 Å². The molecule has 0 aromatic carbocycles. The van der Waals surface area contributed by atoms with Gasteiger partial charge in [-0.1, -0.05) is 13.8 Å². The van der Waals surface area contributed by atoms with Crippen molar-refractivity contribution >= 4 is 5.91 Å². The van der Waals surface area contributed by atoms with Gasteiger partial charge in [0.15, 0.2) is 0 Å². The van der Waals surface area contributed by atoms with Gasteiger partial charge in [-0.2, -0.15) is 0 Å². The molecule has 1 unspecified atom stereocenters. The van der Waals surface area contributed by atoms with Gasteiger partial charge in [-0.05, 0) is 18.9 Å². The topological polar surface area (TPSA) is 51.7 Å². The van der Waals surface area contributed by atoms with E-state index in [4.69, 9.17) is 9.47 Å². The van der Waals surface area contributed by atoms with Gasteiger partial charge >= 0.3 is 0 Å². The summed E-state index contributed by atoms with van der Waals surface area (Å²) in [4.78, 5) is 18.6. The molecule has 5 nitrogen and oxygen atoms in total. The lowest BCUT2D eigenvalue weighted by atomic mass is 10.2. The monoisotopic (exact) mass is 292 g/mol. The van der Waals surface area contributed by atoms with E-state index in [9.17, 15) is 4.79 Å². The number of rotatable bonds is 7. The van der Waals surface area contributed by atoms with Crippen molar-refractivity contribution in [3.8, 4) is 5.88 Å². The van der Waals surface area contributed by atoms with Crippen LogP contribution in [0.2, 0.25) is 0 Å². The van der Waals surface area contributed by atoms with Gasteiger partial charge in [0, 0.05) is 37.3 Å². The number of hydrogen-bond acceptors (Lipinski definition) is 4. The summed E-state index contributed by atoms with van der Waals surface area (Å²) in [5, 5.41) is 0. The van der Waals surface area contributed by atoms with E-state index >= 15 is 0 Å². The minimum Gasteiger partial charge on any atom is -0.472 e. The third kappa shape index (κ3) is 4.43. The van der Waals surface area contributed by atoms with E-state index in [-0.39, 0.29) is 12.0 Å². The van der Waals surface area contributed by atoms with E-state index in [1.807, 2.05) is 4.90 Å². The van der Waals surface area contributed by atoms with Crippen LogP contribution in [0.4, 0.5) is 0 Å². The van der Waals surface area contributed by atoms with Crippen LogP contribution in [0.1, 0.15) is 43.5 Å². The molecule has 0 spiro atoms. The van der Waals surface area contributed by atoms with Crippen molar-refractivity contribution < 1.29 is 14.3 Å². The van der Waals surface area contributed by atoms with Crippen molar-refractivity contribution in [2.75, 3.05) is 26.3 Å². The lowest BCUT2D eigenvalue weighted by Crippen LogP contribution is -2.32. The van der Waals surface area contributed by atoms with Crippen LogP contribution in [-0.4, -0.2) is 48.2 Å². The summed E-state index contributed by atoms with van der Waals surface area (Å²) in [5.74, 6) is 0.554. The van der Waals surface area contributed by atoms with Crippen LogP contribution in [0.3, 0.4) is 0 Å². The number of hydrogen-bond donors (Lipinski definition) is 0. The molecule has 21 heavy (non-hydrogen) atoms. The molecule has 0 aliphatic carbocycles. The first-order valence-electron chi connectivity index (χ1n) is 7.74. The number of aromatic nitrogens is 1. The maximum atomic E-state index is 12.5. The summed E-state index contributed by atoms with van der Waals surface area (Å²) >= 11 is 0. The molecule has 1 aliphatic rings. The van der Waals surface area contributed by atoms with Crippen LogP contribution in [0.5, 0.6) is 5.88 Å². The Morgan fingerprint density at radius 2 is 2.19 bits per heavy atom. The van der Waals surface area contributed by atoms with E-state index in [2.05, 4.69) is 18.8 Å². The highest BCUT2D eigenvalue weighted by Crippen LogP contribution is 2.17. The molecule has 5 heteroatoms. The highest BCUT2D eigenvalue weighted by molar-refractivity contribution is 5.94. The van der Waals surface area contributed by atoms with Crippen LogP contribution in [0.25, 0.3) is 0 Å². The van der Waals surface area contributed by atoms with Gasteiger partial charge < -0.3 is 14.4 Å². The van der Waals surface area contributed by atoms with Gasteiger partial charge in [-0.25, -0.2) is 4.98 Å². The number of amides is 1.